The van der Waals surface area contributed by atoms with E-state index in [0.717, 1.165) is 12.5 Å². The van der Waals surface area contributed by atoms with Crippen LogP contribution in [-0.4, -0.2) is 11.0 Å². The number of hydrogen-bond acceptors (Lipinski definition) is 3. The van der Waals surface area contributed by atoms with E-state index in [1.54, 1.807) is 0 Å². The lowest BCUT2D eigenvalue weighted by Gasteiger charge is -2.16. The third-order valence-corrected chi connectivity index (χ3v) is 3.06. The Bertz CT molecular complexity index is 500. The summed E-state index contributed by atoms with van der Waals surface area (Å²) < 4.78 is 13.4. The highest BCUT2D eigenvalue weighted by atomic mass is 79.9. The van der Waals surface area contributed by atoms with Gasteiger partial charge in [-0.05, 0) is 28.4 Å². The molecule has 0 saturated carbocycles. The van der Waals surface area contributed by atoms with Crippen LogP contribution in [0.2, 0.25) is 0 Å². The van der Waals surface area contributed by atoms with E-state index in [1.807, 2.05) is 6.92 Å². The maximum atomic E-state index is 13.3. The van der Waals surface area contributed by atoms with E-state index in [2.05, 4.69) is 27.2 Å². The molecule has 1 atom stereocenters. The van der Waals surface area contributed by atoms with Crippen molar-refractivity contribution in [1.29, 1.82) is 0 Å². The molecule has 0 aromatic heterocycles. The van der Waals surface area contributed by atoms with Crippen LogP contribution in [0.15, 0.2) is 16.6 Å². The number of hydrogen-bond donors (Lipinski definition) is 1. The average molecular weight is 315 g/mol. The van der Waals surface area contributed by atoms with Gasteiger partial charge in [0.25, 0.3) is 5.69 Å². The zero-order valence-electron chi connectivity index (χ0n) is 9.74. The monoisotopic (exact) mass is 314 g/mol. The molecule has 0 amide bonds. The topological polar surface area (TPSA) is 55.2 Å². The molecule has 0 spiro atoms. The van der Waals surface area contributed by atoms with Gasteiger partial charge in [-0.25, -0.2) is 4.39 Å². The lowest BCUT2D eigenvalue weighted by molar-refractivity contribution is -0.384. The fourth-order valence-electron chi connectivity index (χ4n) is 1.46. The smallest absolute Gasteiger partial charge is 0.295 e. The molecule has 0 saturated heterocycles. The summed E-state index contributed by atoms with van der Waals surface area (Å²) >= 11 is 3.00. The third kappa shape index (κ3) is 3.44. The summed E-state index contributed by atoms with van der Waals surface area (Å²) in [6.45, 7) is 1.92. The number of terminal acetylenes is 1. The second kappa shape index (κ2) is 6.36. The van der Waals surface area contributed by atoms with Crippen molar-refractivity contribution in [1.82, 2.24) is 0 Å². The molecule has 96 valence electrons. The van der Waals surface area contributed by atoms with E-state index < -0.39 is 10.7 Å². The summed E-state index contributed by atoms with van der Waals surface area (Å²) in [5, 5.41) is 13.8. The quantitative estimate of drug-likeness (QED) is 0.512. The molecule has 1 unspecified atom stereocenters. The molecule has 6 heteroatoms. The molecule has 0 heterocycles. The summed E-state index contributed by atoms with van der Waals surface area (Å²) in [5.41, 5.74) is -0.0402. The molecule has 1 N–H and O–H groups in total. The van der Waals surface area contributed by atoms with Crippen LogP contribution < -0.4 is 5.32 Å². The lowest BCUT2D eigenvalue weighted by atomic mass is 10.1. The minimum absolute atomic E-state index is 0.0777. The van der Waals surface area contributed by atoms with Crippen molar-refractivity contribution in [3.63, 3.8) is 0 Å². The Morgan fingerprint density at radius 3 is 2.83 bits per heavy atom. The van der Waals surface area contributed by atoms with Gasteiger partial charge in [-0.3, -0.25) is 10.1 Å². The van der Waals surface area contributed by atoms with Gasteiger partial charge < -0.3 is 5.32 Å². The van der Waals surface area contributed by atoms with Gasteiger partial charge in [0.05, 0.1) is 15.5 Å². The first-order valence-electron chi connectivity index (χ1n) is 5.33. The second-order valence-corrected chi connectivity index (χ2v) is 4.55. The standard InChI is InChI=1S/C12H12BrFN2O2/c1-3-5-8(4-2)15-11-6-9(13)10(14)7-12(11)16(17)18/h1,6-8,15H,4-5H2,2H3. The molecule has 1 rings (SSSR count). The van der Waals surface area contributed by atoms with Gasteiger partial charge in [0.15, 0.2) is 0 Å². The second-order valence-electron chi connectivity index (χ2n) is 3.70. The first kappa shape index (κ1) is 14.5. The number of rotatable bonds is 5. The minimum atomic E-state index is -0.669. The molecule has 0 aliphatic heterocycles. The number of nitro groups is 1. The third-order valence-electron chi connectivity index (χ3n) is 2.45. The Morgan fingerprint density at radius 2 is 2.33 bits per heavy atom. The highest BCUT2D eigenvalue weighted by Crippen LogP contribution is 2.31. The first-order chi connectivity index (χ1) is 8.49. The summed E-state index contributed by atoms with van der Waals surface area (Å²) in [4.78, 5) is 10.2. The van der Waals surface area contributed by atoms with Crippen molar-refractivity contribution in [2.45, 2.75) is 25.8 Å². The molecule has 0 aliphatic carbocycles. The highest BCUT2D eigenvalue weighted by Gasteiger charge is 2.19. The summed E-state index contributed by atoms with van der Waals surface area (Å²) in [6, 6.07) is 2.16. The van der Waals surface area contributed by atoms with E-state index >= 15 is 0 Å². The first-order valence-corrected chi connectivity index (χ1v) is 6.12. The average Bonchev–Trinajstić information content (AvgIpc) is 2.32. The molecule has 1 aromatic carbocycles. The van der Waals surface area contributed by atoms with Crippen LogP contribution in [-0.2, 0) is 0 Å². The number of halogens is 2. The van der Waals surface area contributed by atoms with Crippen LogP contribution in [0.5, 0.6) is 0 Å². The van der Waals surface area contributed by atoms with E-state index in [0.29, 0.717) is 6.42 Å². The summed E-state index contributed by atoms with van der Waals surface area (Å²) in [7, 11) is 0. The van der Waals surface area contributed by atoms with Gasteiger partial charge in [0, 0.05) is 12.5 Å². The van der Waals surface area contributed by atoms with Crippen LogP contribution in [0.1, 0.15) is 19.8 Å². The minimum Gasteiger partial charge on any atom is -0.376 e. The molecule has 0 radical (unpaired) electrons. The van der Waals surface area contributed by atoms with Crippen molar-refractivity contribution in [2.24, 2.45) is 0 Å². The molecular formula is C12H12BrFN2O2. The van der Waals surface area contributed by atoms with Crippen molar-refractivity contribution >= 4 is 27.3 Å². The summed E-state index contributed by atoms with van der Waals surface area (Å²) in [5.74, 6) is 1.83. The maximum absolute atomic E-state index is 13.3. The van der Waals surface area contributed by atoms with Crippen molar-refractivity contribution in [3.8, 4) is 12.3 Å². The number of benzene rings is 1. The van der Waals surface area contributed by atoms with Gasteiger partial charge in [-0.15, -0.1) is 12.3 Å². The van der Waals surface area contributed by atoms with Gasteiger partial charge in [-0.1, -0.05) is 6.92 Å². The lowest BCUT2D eigenvalue weighted by Crippen LogP contribution is -2.18. The molecular weight excluding hydrogens is 303 g/mol. The highest BCUT2D eigenvalue weighted by molar-refractivity contribution is 9.10. The van der Waals surface area contributed by atoms with Crippen molar-refractivity contribution < 1.29 is 9.31 Å². The normalized spacial score (nSPS) is 11.7. The van der Waals surface area contributed by atoms with Gasteiger partial charge in [0.2, 0.25) is 0 Å². The Balaban J connectivity index is 3.10. The van der Waals surface area contributed by atoms with Crippen molar-refractivity contribution in [2.75, 3.05) is 5.32 Å². The number of nitrogens with zero attached hydrogens (tertiary/aromatic N) is 1. The Labute approximate surface area is 113 Å². The molecule has 0 fully saturated rings. The van der Waals surface area contributed by atoms with E-state index in [4.69, 9.17) is 6.42 Å². The van der Waals surface area contributed by atoms with E-state index in [9.17, 15) is 14.5 Å². The zero-order valence-corrected chi connectivity index (χ0v) is 11.3. The Kier molecular flexibility index (Phi) is 5.10. The van der Waals surface area contributed by atoms with Gasteiger partial charge in [-0.2, -0.15) is 0 Å². The number of anilines is 1. The fraction of sp³-hybridized carbons (Fsp3) is 0.333. The SMILES string of the molecule is C#CCC(CC)Nc1cc(Br)c(F)cc1[N+](=O)[O-]. The Morgan fingerprint density at radius 1 is 1.67 bits per heavy atom. The van der Waals surface area contributed by atoms with E-state index in [-0.39, 0.29) is 21.9 Å². The van der Waals surface area contributed by atoms with Crippen molar-refractivity contribution in [3.05, 3.63) is 32.5 Å². The summed E-state index contributed by atoms with van der Waals surface area (Å²) in [6.07, 6.45) is 6.38. The number of nitrogens with one attached hydrogen (secondary N) is 1. The van der Waals surface area contributed by atoms with Gasteiger partial charge in [0.1, 0.15) is 11.5 Å². The van der Waals surface area contributed by atoms with E-state index in [1.165, 1.54) is 6.07 Å². The van der Waals surface area contributed by atoms with Crippen LogP contribution in [0.3, 0.4) is 0 Å². The molecule has 4 nitrogen and oxygen atoms in total. The predicted octanol–water partition coefficient (Wildman–Crippen LogP) is 3.71. The zero-order chi connectivity index (χ0) is 13.7. The maximum Gasteiger partial charge on any atom is 0.295 e. The molecule has 0 bridgehead atoms. The van der Waals surface area contributed by atoms with Crippen LogP contribution in [0.25, 0.3) is 0 Å². The van der Waals surface area contributed by atoms with Crippen LogP contribution >= 0.6 is 15.9 Å². The number of nitro benzene ring substituents is 1. The van der Waals surface area contributed by atoms with Crippen LogP contribution in [0.4, 0.5) is 15.8 Å². The molecule has 1 aromatic rings. The molecule has 0 aliphatic rings. The van der Waals surface area contributed by atoms with Crippen LogP contribution in [0, 0.1) is 28.3 Å². The van der Waals surface area contributed by atoms with Gasteiger partial charge >= 0.3 is 0 Å². The predicted molar refractivity (Wildman–Crippen MR) is 71.9 cm³/mol. The fourth-order valence-corrected chi connectivity index (χ4v) is 1.81. The Hall–Kier alpha value is -1.61. The largest absolute Gasteiger partial charge is 0.376 e. The molecule has 18 heavy (non-hydrogen) atoms.